The van der Waals surface area contributed by atoms with Crippen molar-refractivity contribution in [3.63, 3.8) is 0 Å². The Morgan fingerprint density at radius 2 is 1.87 bits per heavy atom. The van der Waals surface area contributed by atoms with E-state index in [-0.39, 0.29) is 17.9 Å². The zero-order chi connectivity index (χ0) is 16.6. The number of aromatic nitrogens is 2. The Morgan fingerprint density at radius 1 is 1.22 bits per heavy atom. The number of carboxylic acid groups (broad SMARTS) is 1. The molecule has 0 atom stereocenters. The Kier molecular flexibility index (Phi) is 4.18. The van der Waals surface area contributed by atoms with E-state index < -0.39 is 21.2 Å². The highest BCUT2D eigenvalue weighted by molar-refractivity contribution is 7.90. The molecule has 1 fully saturated rings. The fraction of sp³-hybridized carbons (Fsp3) is 0.600. The van der Waals surface area contributed by atoms with Crippen LogP contribution in [-0.2, 0) is 21.2 Å². The van der Waals surface area contributed by atoms with Gasteiger partial charge in [-0.2, -0.15) is 0 Å². The SMILES string of the molecule is Nc1nc2c(n1S(=O)(=O)C1CCCCCC1)CCC(C(=O)O)=C2. The van der Waals surface area contributed by atoms with Crippen LogP contribution in [0, 0.1) is 0 Å². The van der Waals surface area contributed by atoms with Gasteiger partial charge in [-0.15, -0.1) is 0 Å². The van der Waals surface area contributed by atoms with E-state index in [1.807, 2.05) is 0 Å². The number of aliphatic carboxylic acids is 1. The third-order valence-electron chi connectivity index (χ3n) is 4.68. The molecule has 0 radical (unpaired) electrons. The number of carboxylic acids is 1. The molecule has 126 valence electrons. The minimum atomic E-state index is -3.60. The van der Waals surface area contributed by atoms with E-state index in [0.717, 1.165) is 29.7 Å². The van der Waals surface area contributed by atoms with Gasteiger partial charge < -0.3 is 10.8 Å². The molecule has 0 saturated heterocycles. The van der Waals surface area contributed by atoms with Gasteiger partial charge in [0.15, 0.2) is 0 Å². The largest absolute Gasteiger partial charge is 0.478 e. The number of imidazole rings is 1. The van der Waals surface area contributed by atoms with Crippen molar-refractivity contribution in [1.82, 2.24) is 8.96 Å². The van der Waals surface area contributed by atoms with E-state index in [4.69, 9.17) is 10.8 Å². The van der Waals surface area contributed by atoms with Crippen LogP contribution < -0.4 is 5.73 Å². The predicted molar refractivity (Wildman–Crippen MR) is 86.4 cm³/mol. The molecule has 0 aliphatic heterocycles. The van der Waals surface area contributed by atoms with E-state index >= 15 is 0 Å². The lowest BCUT2D eigenvalue weighted by molar-refractivity contribution is -0.132. The van der Waals surface area contributed by atoms with Gasteiger partial charge in [0.25, 0.3) is 0 Å². The fourth-order valence-corrected chi connectivity index (χ4v) is 5.47. The molecule has 7 nitrogen and oxygen atoms in total. The zero-order valence-electron chi connectivity index (χ0n) is 12.9. The number of hydrogen-bond acceptors (Lipinski definition) is 5. The molecule has 1 saturated carbocycles. The first-order valence-electron chi connectivity index (χ1n) is 7.96. The van der Waals surface area contributed by atoms with Crippen LogP contribution in [0.1, 0.15) is 56.3 Å². The second-order valence-electron chi connectivity index (χ2n) is 6.20. The van der Waals surface area contributed by atoms with E-state index in [1.165, 1.54) is 6.08 Å². The smallest absolute Gasteiger partial charge is 0.331 e. The lowest BCUT2D eigenvalue weighted by Crippen LogP contribution is -2.30. The summed E-state index contributed by atoms with van der Waals surface area (Å²) in [7, 11) is -3.60. The predicted octanol–water partition coefficient (Wildman–Crippen LogP) is 1.78. The van der Waals surface area contributed by atoms with Gasteiger partial charge in [0.1, 0.15) is 0 Å². The summed E-state index contributed by atoms with van der Waals surface area (Å²) < 4.78 is 27.2. The zero-order valence-corrected chi connectivity index (χ0v) is 13.7. The number of fused-ring (bicyclic) bond motifs is 1. The van der Waals surface area contributed by atoms with Crippen LogP contribution in [0.2, 0.25) is 0 Å². The summed E-state index contributed by atoms with van der Waals surface area (Å²) in [6.07, 6.45) is 7.26. The van der Waals surface area contributed by atoms with Gasteiger partial charge in [-0.1, -0.05) is 25.7 Å². The first kappa shape index (κ1) is 16.0. The average Bonchev–Trinajstić information content (AvgIpc) is 2.67. The molecular weight excluding hydrogens is 318 g/mol. The van der Waals surface area contributed by atoms with Gasteiger partial charge in [0.2, 0.25) is 16.0 Å². The average molecular weight is 339 g/mol. The monoisotopic (exact) mass is 339 g/mol. The Labute approximate surface area is 135 Å². The maximum absolute atomic E-state index is 13.0. The Balaban J connectivity index is 2.02. The van der Waals surface area contributed by atoms with E-state index in [1.54, 1.807) is 0 Å². The summed E-state index contributed by atoms with van der Waals surface area (Å²) in [5.74, 6) is -1.07. The number of nitrogens with two attached hydrogens (primary N) is 1. The van der Waals surface area contributed by atoms with E-state index in [2.05, 4.69) is 4.98 Å². The van der Waals surface area contributed by atoms with Crippen molar-refractivity contribution in [1.29, 1.82) is 0 Å². The van der Waals surface area contributed by atoms with Crippen LogP contribution in [0.15, 0.2) is 5.57 Å². The number of anilines is 1. The van der Waals surface area contributed by atoms with Crippen molar-refractivity contribution in [2.45, 2.75) is 56.6 Å². The van der Waals surface area contributed by atoms with Crippen LogP contribution in [0.5, 0.6) is 0 Å². The summed E-state index contributed by atoms with van der Waals surface area (Å²) in [4.78, 5) is 15.2. The van der Waals surface area contributed by atoms with Crippen LogP contribution >= 0.6 is 0 Å². The van der Waals surface area contributed by atoms with Crippen molar-refractivity contribution in [3.05, 3.63) is 17.0 Å². The van der Waals surface area contributed by atoms with Crippen LogP contribution in [0.4, 0.5) is 5.95 Å². The van der Waals surface area contributed by atoms with Crippen molar-refractivity contribution < 1.29 is 18.3 Å². The van der Waals surface area contributed by atoms with Gasteiger partial charge in [-0.25, -0.2) is 22.2 Å². The molecule has 1 aromatic heterocycles. The number of hydrogen-bond donors (Lipinski definition) is 2. The van der Waals surface area contributed by atoms with Gasteiger partial charge in [0, 0.05) is 5.57 Å². The first-order valence-corrected chi connectivity index (χ1v) is 9.47. The lowest BCUT2D eigenvalue weighted by Gasteiger charge is -2.20. The number of nitrogen functional groups attached to an aromatic ring is 1. The second-order valence-corrected chi connectivity index (χ2v) is 8.26. The molecule has 2 aliphatic rings. The first-order chi connectivity index (χ1) is 10.9. The Hall–Kier alpha value is -1.83. The van der Waals surface area contributed by atoms with Crippen molar-refractivity contribution in [2.24, 2.45) is 0 Å². The molecule has 3 N–H and O–H groups in total. The van der Waals surface area contributed by atoms with Gasteiger partial charge in [-0.3, -0.25) is 0 Å². The molecular formula is C15H21N3O4S. The maximum atomic E-state index is 13.0. The van der Waals surface area contributed by atoms with Crippen LogP contribution in [0.3, 0.4) is 0 Å². The molecule has 23 heavy (non-hydrogen) atoms. The van der Waals surface area contributed by atoms with Crippen molar-refractivity contribution >= 4 is 28.0 Å². The highest BCUT2D eigenvalue weighted by Crippen LogP contribution is 2.31. The van der Waals surface area contributed by atoms with Crippen molar-refractivity contribution in [3.8, 4) is 0 Å². The van der Waals surface area contributed by atoms with Gasteiger partial charge in [-0.05, 0) is 31.8 Å². The molecule has 2 aliphatic carbocycles. The molecule has 1 aromatic rings. The molecule has 0 bridgehead atoms. The minimum Gasteiger partial charge on any atom is -0.478 e. The van der Waals surface area contributed by atoms with Gasteiger partial charge in [0.05, 0.1) is 16.6 Å². The van der Waals surface area contributed by atoms with E-state index in [0.29, 0.717) is 30.7 Å². The van der Waals surface area contributed by atoms with Gasteiger partial charge >= 0.3 is 5.97 Å². The third kappa shape index (κ3) is 2.87. The Morgan fingerprint density at radius 3 is 2.48 bits per heavy atom. The maximum Gasteiger partial charge on any atom is 0.331 e. The molecule has 8 heteroatoms. The molecule has 3 rings (SSSR count). The normalized spacial score (nSPS) is 19.7. The molecule has 0 amide bonds. The molecule has 0 spiro atoms. The second kappa shape index (κ2) is 5.99. The lowest BCUT2D eigenvalue weighted by atomic mass is 10.0. The quantitative estimate of drug-likeness (QED) is 0.811. The number of rotatable bonds is 3. The number of nitrogens with zero attached hydrogens (tertiary/aromatic N) is 2. The summed E-state index contributed by atoms with van der Waals surface area (Å²) in [6.45, 7) is 0. The molecule has 0 aromatic carbocycles. The summed E-state index contributed by atoms with van der Waals surface area (Å²) in [6, 6.07) is 0. The van der Waals surface area contributed by atoms with Crippen molar-refractivity contribution in [2.75, 3.05) is 5.73 Å². The fourth-order valence-electron chi connectivity index (χ4n) is 3.45. The minimum absolute atomic E-state index is 0.0675. The highest BCUT2D eigenvalue weighted by atomic mass is 32.2. The number of carbonyl (C=O) groups is 1. The summed E-state index contributed by atoms with van der Waals surface area (Å²) in [5, 5.41) is 8.65. The summed E-state index contributed by atoms with van der Waals surface area (Å²) in [5.41, 5.74) is 6.98. The standard InChI is InChI=1S/C15H21N3O4S/c16-15-17-12-9-10(14(19)20)7-8-13(12)18(15)23(21,22)11-5-3-1-2-4-6-11/h9,11H,1-8H2,(H2,16,17)(H,19,20). The topological polar surface area (TPSA) is 115 Å². The van der Waals surface area contributed by atoms with E-state index in [9.17, 15) is 13.2 Å². The van der Waals surface area contributed by atoms with Crippen LogP contribution in [0.25, 0.3) is 6.08 Å². The molecule has 1 heterocycles. The summed E-state index contributed by atoms with van der Waals surface area (Å²) >= 11 is 0. The highest BCUT2D eigenvalue weighted by Gasteiger charge is 2.33. The molecule has 0 unspecified atom stereocenters. The van der Waals surface area contributed by atoms with Crippen LogP contribution in [-0.4, -0.2) is 33.7 Å². The Bertz CT molecular complexity index is 756. The third-order valence-corrected chi connectivity index (χ3v) is 6.91.